The lowest BCUT2D eigenvalue weighted by molar-refractivity contribution is 0.106. The SMILES string of the molecule is N=CC(=O)c1ccc(I)c(F)c1F. The van der Waals surface area contributed by atoms with Crippen LogP contribution >= 0.6 is 22.6 Å². The molecule has 0 aliphatic heterocycles. The molecule has 0 radical (unpaired) electrons. The van der Waals surface area contributed by atoms with Crippen molar-refractivity contribution in [2.24, 2.45) is 0 Å². The van der Waals surface area contributed by atoms with Crippen LogP contribution in [-0.4, -0.2) is 12.0 Å². The molecule has 1 N–H and O–H groups in total. The molecule has 1 rings (SSSR count). The van der Waals surface area contributed by atoms with E-state index in [0.717, 1.165) is 6.07 Å². The third-order valence-electron chi connectivity index (χ3n) is 1.43. The Labute approximate surface area is 86.6 Å². The van der Waals surface area contributed by atoms with Gasteiger partial charge in [-0.15, -0.1) is 0 Å². The fraction of sp³-hybridized carbons (Fsp3) is 0. The van der Waals surface area contributed by atoms with Crippen LogP contribution in [0.2, 0.25) is 0 Å². The second-order valence-electron chi connectivity index (χ2n) is 2.23. The fourth-order valence-corrected chi connectivity index (χ4v) is 1.21. The topological polar surface area (TPSA) is 40.9 Å². The minimum absolute atomic E-state index is 0.108. The van der Waals surface area contributed by atoms with Crippen LogP contribution < -0.4 is 0 Å². The van der Waals surface area contributed by atoms with Crippen molar-refractivity contribution in [3.63, 3.8) is 0 Å². The van der Waals surface area contributed by atoms with Crippen LogP contribution in [0.4, 0.5) is 8.78 Å². The fourth-order valence-electron chi connectivity index (χ4n) is 0.794. The Morgan fingerprint density at radius 3 is 2.54 bits per heavy atom. The van der Waals surface area contributed by atoms with E-state index in [2.05, 4.69) is 0 Å². The van der Waals surface area contributed by atoms with Gasteiger partial charge in [-0.25, -0.2) is 8.78 Å². The second kappa shape index (κ2) is 3.91. The average molecular weight is 295 g/mol. The third kappa shape index (κ3) is 1.90. The number of hydrogen-bond acceptors (Lipinski definition) is 2. The van der Waals surface area contributed by atoms with Crippen LogP contribution in [-0.2, 0) is 0 Å². The highest BCUT2D eigenvalue weighted by Crippen LogP contribution is 2.17. The van der Waals surface area contributed by atoms with Gasteiger partial charge in [0, 0.05) is 0 Å². The van der Waals surface area contributed by atoms with E-state index in [0.29, 0.717) is 6.21 Å². The van der Waals surface area contributed by atoms with Gasteiger partial charge in [0.2, 0.25) is 5.78 Å². The molecule has 0 saturated heterocycles. The lowest BCUT2D eigenvalue weighted by Gasteiger charge is -2.00. The zero-order chi connectivity index (χ0) is 10.0. The predicted octanol–water partition coefficient (Wildman–Crippen LogP) is 2.40. The Morgan fingerprint density at radius 1 is 1.38 bits per heavy atom. The molecule has 13 heavy (non-hydrogen) atoms. The van der Waals surface area contributed by atoms with E-state index in [1.54, 1.807) is 22.6 Å². The summed E-state index contributed by atoms with van der Waals surface area (Å²) in [6, 6.07) is 2.45. The van der Waals surface area contributed by atoms with Gasteiger partial charge in [0.05, 0.1) is 15.3 Å². The summed E-state index contributed by atoms with van der Waals surface area (Å²) < 4.78 is 26.0. The quantitative estimate of drug-likeness (QED) is 0.387. The number of Topliss-reactive ketones (excluding diaryl/α,β-unsaturated/α-hetero) is 1. The van der Waals surface area contributed by atoms with Crippen molar-refractivity contribution in [2.45, 2.75) is 0 Å². The van der Waals surface area contributed by atoms with Gasteiger partial charge in [-0.2, -0.15) is 0 Å². The number of carbonyl (C=O) groups excluding carboxylic acids is 1. The molecule has 68 valence electrons. The van der Waals surface area contributed by atoms with Gasteiger partial charge in [0.25, 0.3) is 0 Å². The molecule has 5 heteroatoms. The molecule has 2 nitrogen and oxygen atoms in total. The van der Waals surface area contributed by atoms with E-state index in [9.17, 15) is 13.6 Å². The van der Waals surface area contributed by atoms with Gasteiger partial charge >= 0.3 is 0 Å². The lowest BCUT2D eigenvalue weighted by atomic mass is 10.1. The number of carbonyl (C=O) groups is 1. The molecule has 0 unspecified atom stereocenters. The van der Waals surface area contributed by atoms with Crippen LogP contribution in [0, 0.1) is 20.6 Å². The molecule has 0 aliphatic rings. The maximum Gasteiger partial charge on any atom is 0.206 e. The number of ketones is 1. The van der Waals surface area contributed by atoms with Crippen molar-refractivity contribution in [1.82, 2.24) is 0 Å². The number of rotatable bonds is 2. The van der Waals surface area contributed by atoms with Gasteiger partial charge in [-0.1, -0.05) is 0 Å². The Kier molecular flexibility index (Phi) is 3.07. The first-order valence-corrected chi connectivity index (χ1v) is 4.34. The standard InChI is InChI=1S/C8H4F2INO/c9-7-4(6(13)3-12)1-2-5(11)8(7)10/h1-3,12H. The third-order valence-corrected chi connectivity index (χ3v) is 2.26. The smallest absolute Gasteiger partial charge is 0.206 e. The van der Waals surface area contributed by atoms with E-state index in [4.69, 9.17) is 5.41 Å². The summed E-state index contributed by atoms with van der Waals surface area (Å²) in [5.41, 5.74) is -0.409. The summed E-state index contributed by atoms with van der Waals surface area (Å²) in [7, 11) is 0. The van der Waals surface area contributed by atoms with Crippen LogP contribution in [0.3, 0.4) is 0 Å². The van der Waals surface area contributed by atoms with Gasteiger partial charge in [0.15, 0.2) is 11.6 Å². The Balaban J connectivity index is 3.33. The molecule has 0 fully saturated rings. The molecule has 0 aliphatic carbocycles. The molecular formula is C8H4F2INO. The van der Waals surface area contributed by atoms with Crippen molar-refractivity contribution in [3.8, 4) is 0 Å². The van der Waals surface area contributed by atoms with Gasteiger partial charge in [0.1, 0.15) is 0 Å². The molecule has 0 saturated carbocycles. The molecule has 0 amide bonds. The van der Waals surface area contributed by atoms with Gasteiger partial charge in [-0.05, 0) is 34.7 Å². The monoisotopic (exact) mass is 295 g/mol. The van der Waals surface area contributed by atoms with Crippen molar-refractivity contribution < 1.29 is 13.6 Å². The number of benzene rings is 1. The Morgan fingerprint density at radius 2 is 2.00 bits per heavy atom. The number of halogens is 3. The molecule has 0 atom stereocenters. The molecule has 0 aromatic heterocycles. The summed E-state index contributed by atoms with van der Waals surface area (Å²) in [6.45, 7) is 0. The predicted molar refractivity (Wildman–Crippen MR) is 52.2 cm³/mol. The van der Waals surface area contributed by atoms with E-state index >= 15 is 0 Å². The highest BCUT2D eigenvalue weighted by Gasteiger charge is 2.15. The lowest BCUT2D eigenvalue weighted by Crippen LogP contribution is -2.05. The van der Waals surface area contributed by atoms with Gasteiger partial charge in [-0.3, -0.25) is 4.79 Å². The van der Waals surface area contributed by atoms with E-state index < -0.39 is 23.0 Å². The number of hydrogen-bond donors (Lipinski definition) is 1. The summed E-state index contributed by atoms with van der Waals surface area (Å²) >= 11 is 1.62. The second-order valence-corrected chi connectivity index (χ2v) is 3.39. The molecule has 1 aromatic carbocycles. The maximum atomic E-state index is 13.0. The van der Waals surface area contributed by atoms with Crippen molar-refractivity contribution in [1.29, 1.82) is 5.41 Å². The van der Waals surface area contributed by atoms with Crippen molar-refractivity contribution in [2.75, 3.05) is 0 Å². The van der Waals surface area contributed by atoms with Crippen LogP contribution in [0.1, 0.15) is 10.4 Å². The first-order chi connectivity index (χ1) is 6.07. The molecule has 0 heterocycles. The minimum Gasteiger partial charge on any atom is -0.305 e. The highest BCUT2D eigenvalue weighted by molar-refractivity contribution is 14.1. The Bertz CT molecular complexity index is 379. The molecule has 0 spiro atoms. The zero-order valence-corrected chi connectivity index (χ0v) is 8.43. The van der Waals surface area contributed by atoms with E-state index in [1.165, 1.54) is 6.07 Å². The van der Waals surface area contributed by atoms with Crippen molar-refractivity contribution >= 4 is 34.6 Å². The molecular weight excluding hydrogens is 291 g/mol. The van der Waals surface area contributed by atoms with E-state index in [1.807, 2.05) is 0 Å². The summed E-state index contributed by atoms with van der Waals surface area (Å²) in [5.74, 6) is -3.08. The van der Waals surface area contributed by atoms with E-state index in [-0.39, 0.29) is 3.57 Å². The van der Waals surface area contributed by atoms with Crippen LogP contribution in [0.15, 0.2) is 12.1 Å². The van der Waals surface area contributed by atoms with Crippen LogP contribution in [0.5, 0.6) is 0 Å². The minimum atomic E-state index is -1.19. The van der Waals surface area contributed by atoms with Crippen LogP contribution in [0.25, 0.3) is 0 Å². The van der Waals surface area contributed by atoms with Crippen molar-refractivity contribution in [3.05, 3.63) is 32.9 Å². The summed E-state index contributed by atoms with van der Waals surface area (Å²) in [4.78, 5) is 10.8. The normalized spacial score (nSPS) is 9.77. The maximum absolute atomic E-state index is 13.0. The average Bonchev–Trinajstić information content (AvgIpc) is 2.13. The summed E-state index contributed by atoms with van der Waals surface area (Å²) in [5, 5.41) is 6.60. The first-order valence-electron chi connectivity index (χ1n) is 3.26. The highest BCUT2D eigenvalue weighted by atomic mass is 127. The Hall–Kier alpha value is -0.850. The largest absolute Gasteiger partial charge is 0.305 e. The zero-order valence-electron chi connectivity index (χ0n) is 6.27. The summed E-state index contributed by atoms with van der Waals surface area (Å²) in [6.07, 6.45) is 0.449. The molecule has 0 bridgehead atoms. The number of nitrogens with one attached hydrogen (secondary N) is 1. The first kappa shape index (κ1) is 10.2. The van der Waals surface area contributed by atoms with Gasteiger partial charge < -0.3 is 5.41 Å². The molecule has 1 aromatic rings.